The number of carbonyl (C=O) groups is 1. The van der Waals surface area contributed by atoms with Crippen LogP contribution < -0.4 is 5.73 Å². The van der Waals surface area contributed by atoms with Crippen LogP contribution in [0.2, 0.25) is 5.15 Å². The van der Waals surface area contributed by atoms with E-state index in [4.69, 9.17) is 22.4 Å². The highest BCUT2D eigenvalue weighted by atomic mass is 35.5. The molecule has 0 spiro atoms. The van der Waals surface area contributed by atoms with E-state index in [1.165, 1.54) is 6.07 Å². The molecule has 1 aromatic heterocycles. The van der Waals surface area contributed by atoms with E-state index >= 15 is 0 Å². The van der Waals surface area contributed by atoms with Gasteiger partial charge in [0.1, 0.15) is 16.8 Å². The van der Waals surface area contributed by atoms with Crippen molar-refractivity contribution in [2.75, 3.05) is 6.54 Å². The smallest absolute Gasteiger partial charge is 0.356 e. The Balaban J connectivity index is 2.46. The zero-order chi connectivity index (χ0) is 15.6. The van der Waals surface area contributed by atoms with Crippen molar-refractivity contribution in [1.82, 2.24) is 9.78 Å². The predicted octanol–water partition coefficient (Wildman–Crippen LogP) is 2.06. The fourth-order valence-corrected chi connectivity index (χ4v) is 2.24. The summed E-state index contributed by atoms with van der Waals surface area (Å²) in [6, 6.07) is 3.45. The van der Waals surface area contributed by atoms with E-state index in [1.54, 1.807) is 0 Å². The van der Waals surface area contributed by atoms with Crippen molar-refractivity contribution in [2.45, 2.75) is 13.0 Å². The number of carboxylic acids is 1. The molecule has 0 saturated carbocycles. The number of halogens is 3. The highest BCUT2D eigenvalue weighted by Crippen LogP contribution is 2.23. The van der Waals surface area contributed by atoms with Crippen molar-refractivity contribution >= 4 is 17.6 Å². The lowest BCUT2D eigenvalue weighted by Crippen LogP contribution is -2.08. The van der Waals surface area contributed by atoms with Crippen LogP contribution in [0.1, 0.15) is 21.6 Å². The SMILES string of the molecule is NCCc1c(C(=O)O)nn(Cc2c(F)cccc2F)c1Cl. The summed E-state index contributed by atoms with van der Waals surface area (Å²) in [6.45, 7) is -0.123. The van der Waals surface area contributed by atoms with E-state index in [0.29, 0.717) is 0 Å². The first-order valence-electron chi connectivity index (χ1n) is 6.07. The van der Waals surface area contributed by atoms with Crippen molar-refractivity contribution in [1.29, 1.82) is 0 Å². The number of aromatic carboxylic acids is 1. The molecule has 0 atom stereocenters. The lowest BCUT2D eigenvalue weighted by Gasteiger charge is -2.06. The van der Waals surface area contributed by atoms with Crippen molar-refractivity contribution in [3.05, 3.63) is 51.8 Å². The molecule has 112 valence electrons. The number of benzene rings is 1. The molecule has 21 heavy (non-hydrogen) atoms. The number of rotatable bonds is 5. The van der Waals surface area contributed by atoms with Crippen LogP contribution in [-0.2, 0) is 13.0 Å². The average Bonchev–Trinajstić information content (AvgIpc) is 2.73. The molecule has 5 nitrogen and oxygen atoms in total. The molecule has 0 bridgehead atoms. The molecule has 2 aromatic rings. The Hall–Kier alpha value is -1.99. The third-order valence-corrected chi connectivity index (χ3v) is 3.37. The Morgan fingerprint density at radius 2 is 1.95 bits per heavy atom. The van der Waals surface area contributed by atoms with E-state index in [0.717, 1.165) is 16.8 Å². The second-order valence-electron chi connectivity index (χ2n) is 4.32. The highest BCUT2D eigenvalue weighted by molar-refractivity contribution is 6.30. The van der Waals surface area contributed by atoms with E-state index in [2.05, 4.69) is 5.10 Å². The largest absolute Gasteiger partial charge is 0.476 e. The summed E-state index contributed by atoms with van der Waals surface area (Å²) in [4.78, 5) is 11.1. The van der Waals surface area contributed by atoms with E-state index in [9.17, 15) is 13.6 Å². The van der Waals surface area contributed by atoms with E-state index in [1.807, 2.05) is 0 Å². The molecule has 2 rings (SSSR count). The minimum Gasteiger partial charge on any atom is -0.476 e. The minimum atomic E-state index is -1.27. The molecule has 0 aliphatic carbocycles. The standard InChI is InChI=1S/C13H12ClF2N3O2/c14-12-7(4-5-17)11(13(20)21)18-19(12)6-8-9(15)2-1-3-10(8)16/h1-3H,4-6,17H2,(H,20,21). The summed E-state index contributed by atoms with van der Waals surface area (Å²) < 4.78 is 28.3. The van der Waals surface area contributed by atoms with Crippen molar-refractivity contribution < 1.29 is 18.7 Å². The normalized spacial score (nSPS) is 10.9. The maximum absolute atomic E-state index is 13.6. The molecule has 1 heterocycles. The van der Waals surface area contributed by atoms with E-state index in [-0.39, 0.29) is 41.5 Å². The third-order valence-electron chi connectivity index (χ3n) is 2.95. The topological polar surface area (TPSA) is 81.1 Å². The molecule has 0 fully saturated rings. The summed E-state index contributed by atoms with van der Waals surface area (Å²) in [7, 11) is 0. The van der Waals surface area contributed by atoms with Crippen molar-refractivity contribution in [3.8, 4) is 0 Å². The number of aromatic nitrogens is 2. The Morgan fingerprint density at radius 3 is 2.48 bits per heavy atom. The predicted molar refractivity (Wildman–Crippen MR) is 72.4 cm³/mol. The summed E-state index contributed by atoms with van der Waals surface area (Å²) in [5.41, 5.74) is 5.15. The van der Waals surface area contributed by atoms with Gasteiger partial charge in [-0.1, -0.05) is 17.7 Å². The Kier molecular flexibility index (Phi) is 4.54. The number of hydrogen-bond acceptors (Lipinski definition) is 3. The van der Waals surface area contributed by atoms with Crippen molar-refractivity contribution in [2.24, 2.45) is 5.73 Å². The lowest BCUT2D eigenvalue weighted by atomic mass is 10.2. The molecule has 8 heteroatoms. The van der Waals surface area contributed by atoms with E-state index < -0.39 is 17.6 Å². The molecular formula is C13H12ClF2N3O2. The monoisotopic (exact) mass is 315 g/mol. The maximum atomic E-state index is 13.6. The second kappa shape index (κ2) is 6.19. The van der Waals surface area contributed by atoms with Gasteiger partial charge in [0.05, 0.1) is 6.54 Å². The van der Waals surface area contributed by atoms with Crippen LogP contribution in [0.5, 0.6) is 0 Å². The quantitative estimate of drug-likeness (QED) is 0.885. The average molecular weight is 316 g/mol. The van der Waals surface area contributed by atoms with Gasteiger partial charge in [0, 0.05) is 11.1 Å². The Bertz CT molecular complexity index is 668. The van der Waals surface area contributed by atoms with Crippen LogP contribution in [-0.4, -0.2) is 27.4 Å². The zero-order valence-corrected chi connectivity index (χ0v) is 11.6. The summed E-state index contributed by atoms with van der Waals surface area (Å²) in [5, 5.41) is 12.9. The van der Waals surface area contributed by atoms with Gasteiger partial charge in [-0.25, -0.2) is 18.3 Å². The first-order chi connectivity index (χ1) is 9.95. The first kappa shape index (κ1) is 15.4. The molecule has 0 aliphatic heterocycles. The molecule has 3 N–H and O–H groups in total. The first-order valence-corrected chi connectivity index (χ1v) is 6.45. The van der Waals surface area contributed by atoms with Crippen LogP contribution in [0.25, 0.3) is 0 Å². The molecule has 0 radical (unpaired) electrons. The van der Waals surface area contributed by atoms with Gasteiger partial charge in [0.2, 0.25) is 0 Å². The fourth-order valence-electron chi connectivity index (χ4n) is 1.95. The molecular weight excluding hydrogens is 304 g/mol. The summed E-state index contributed by atoms with van der Waals surface area (Å²) >= 11 is 6.04. The van der Waals surface area contributed by atoms with Crippen LogP contribution in [0, 0.1) is 11.6 Å². The second-order valence-corrected chi connectivity index (χ2v) is 4.68. The molecule has 1 aromatic carbocycles. The van der Waals surface area contributed by atoms with Gasteiger partial charge in [-0.05, 0) is 25.1 Å². The number of carboxylic acid groups (broad SMARTS) is 1. The van der Waals surface area contributed by atoms with Crippen molar-refractivity contribution in [3.63, 3.8) is 0 Å². The highest BCUT2D eigenvalue weighted by Gasteiger charge is 2.22. The number of nitrogens with zero attached hydrogens (tertiary/aromatic N) is 2. The van der Waals surface area contributed by atoms with Crippen LogP contribution >= 0.6 is 11.6 Å². The van der Waals surface area contributed by atoms with Gasteiger partial charge in [-0.15, -0.1) is 0 Å². The minimum absolute atomic E-state index is 0.0144. The Labute approximate surface area is 123 Å². The molecule has 0 unspecified atom stereocenters. The fraction of sp³-hybridized carbons (Fsp3) is 0.231. The van der Waals surface area contributed by atoms with Crippen LogP contribution in [0.15, 0.2) is 18.2 Å². The van der Waals surface area contributed by atoms with Gasteiger partial charge in [0.25, 0.3) is 0 Å². The molecule has 0 aliphatic rings. The number of nitrogens with two attached hydrogens (primary N) is 1. The number of hydrogen-bond donors (Lipinski definition) is 2. The summed E-state index contributed by atoms with van der Waals surface area (Å²) in [5.74, 6) is -2.77. The summed E-state index contributed by atoms with van der Waals surface area (Å²) in [6.07, 6.45) is 0.209. The lowest BCUT2D eigenvalue weighted by molar-refractivity contribution is 0.0688. The zero-order valence-electron chi connectivity index (χ0n) is 10.8. The Morgan fingerprint density at radius 1 is 1.33 bits per heavy atom. The van der Waals surface area contributed by atoms with Crippen LogP contribution in [0.3, 0.4) is 0 Å². The maximum Gasteiger partial charge on any atom is 0.356 e. The van der Waals surface area contributed by atoms with Gasteiger partial charge >= 0.3 is 5.97 Å². The van der Waals surface area contributed by atoms with Gasteiger partial charge in [-0.3, -0.25) is 0 Å². The third kappa shape index (κ3) is 3.03. The van der Waals surface area contributed by atoms with Gasteiger partial charge in [0.15, 0.2) is 5.69 Å². The molecule has 0 amide bonds. The molecule has 0 saturated heterocycles. The van der Waals surface area contributed by atoms with Crippen LogP contribution in [0.4, 0.5) is 8.78 Å². The van der Waals surface area contributed by atoms with Gasteiger partial charge < -0.3 is 10.8 Å². The van der Waals surface area contributed by atoms with Gasteiger partial charge in [-0.2, -0.15) is 5.10 Å².